The summed E-state index contributed by atoms with van der Waals surface area (Å²) in [7, 11) is 6.92. The first-order chi connectivity index (χ1) is 12.9. The maximum Gasteiger partial charge on any atom is 0.244 e. The number of benzene rings is 2. The minimum atomic E-state index is -0.294. The van der Waals surface area contributed by atoms with Crippen LogP contribution in [0, 0.1) is 5.82 Å². The Morgan fingerprint density at radius 1 is 1.15 bits per heavy atom. The average molecular weight is 372 g/mol. The van der Waals surface area contributed by atoms with Gasteiger partial charge < -0.3 is 19.7 Å². The van der Waals surface area contributed by atoms with Crippen molar-refractivity contribution in [3.8, 4) is 11.5 Å². The van der Waals surface area contributed by atoms with Gasteiger partial charge in [0.05, 0.1) is 20.3 Å². The van der Waals surface area contributed by atoms with Crippen molar-refractivity contribution in [1.82, 2.24) is 10.2 Å². The molecule has 0 fully saturated rings. The molecule has 0 aliphatic carbocycles. The second kappa shape index (κ2) is 9.73. The molecule has 0 spiro atoms. The number of ether oxygens (including phenoxy) is 2. The molecular formula is C21H25FN2O3. The fourth-order valence-electron chi connectivity index (χ4n) is 2.67. The van der Waals surface area contributed by atoms with Gasteiger partial charge in [0, 0.05) is 18.7 Å². The Hall–Kier alpha value is -2.86. The molecule has 0 bridgehead atoms. The summed E-state index contributed by atoms with van der Waals surface area (Å²) in [5, 5.41) is 2.86. The van der Waals surface area contributed by atoms with Gasteiger partial charge in [0.2, 0.25) is 5.91 Å². The van der Waals surface area contributed by atoms with Gasteiger partial charge in [-0.1, -0.05) is 12.1 Å². The van der Waals surface area contributed by atoms with Crippen LogP contribution in [0.5, 0.6) is 11.5 Å². The Labute approximate surface area is 159 Å². The number of methoxy groups -OCH3 is 2. The van der Waals surface area contributed by atoms with E-state index in [0.29, 0.717) is 18.0 Å². The highest BCUT2D eigenvalue weighted by Gasteiger charge is 2.15. The van der Waals surface area contributed by atoms with Gasteiger partial charge in [0.25, 0.3) is 0 Å². The number of hydrogen-bond donors (Lipinski definition) is 1. The third-order valence-corrected chi connectivity index (χ3v) is 4.13. The number of rotatable bonds is 8. The molecule has 144 valence electrons. The molecule has 5 nitrogen and oxygen atoms in total. The van der Waals surface area contributed by atoms with Crippen LogP contribution in [0.3, 0.4) is 0 Å². The smallest absolute Gasteiger partial charge is 0.244 e. The molecule has 6 heteroatoms. The molecule has 0 heterocycles. The maximum atomic E-state index is 13.5. The molecular weight excluding hydrogens is 347 g/mol. The number of carbonyl (C=O) groups is 1. The Morgan fingerprint density at radius 3 is 2.37 bits per heavy atom. The van der Waals surface area contributed by atoms with Gasteiger partial charge in [-0.05, 0) is 55.6 Å². The van der Waals surface area contributed by atoms with Crippen LogP contribution in [0.4, 0.5) is 4.39 Å². The quantitative estimate of drug-likeness (QED) is 0.723. The maximum absolute atomic E-state index is 13.5. The van der Waals surface area contributed by atoms with Crippen LogP contribution in [0.2, 0.25) is 0 Å². The standard InChI is InChI=1S/C21H25FN2O3/c1-24(2)20(16-6-5-7-17(22)12-16)14-23-21(25)9-8-15-10-18(26-3)13-19(11-15)27-4/h5-13,20H,14H2,1-4H3,(H,23,25)/b9-8+. The first kappa shape index (κ1) is 20.5. The highest BCUT2D eigenvalue weighted by Crippen LogP contribution is 2.23. The highest BCUT2D eigenvalue weighted by atomic mass is 19.1. The average Bonchev–Trinajstić information content (AvgIpc) is 2.66. The molecule has 2 aromatic rings. The van der Waals surface area contributed by atoms with E-state index < -0.39 is 0 Å². The van der Waals surface area contributed by atoms with E-state index in [4.69, 9.17) is 9.47 Å². The van der Waals surface area contributed by atoms with Gasteiger partial charge in [0.1, 0.15) is 17.3 Å². The summed E-state index contributed by atoms with van der Waals surface area (Å²) in [6.07, 6.45) is 3.14. The molecule has 0 saturated carbocycles. The first-order valence-corrected chi connectivity index (χ1v) is 8.54. The van der Waals surface area contributed by atoms with E-state index in [1.807, 2.05) is 37.2 Å². The summed E-state index contributed by atoms with van der Waals surface area (Å²) in [5.74, 6) is 0.763. The third kappa shape index (κ3) is 6.11. The van der Waals surface area contributed by atoms with Gasteiger partial charge in [-0.25, -0.2) is 4.39 Å². The summed E-state index contributed by atoms with van der Waals surface area (Å²) < 4.78 is 23.9. The van der Waals surface area contributed by atoms with Crippen molar-refractivity contribution in [2.45, 2.75) is 6.04 Å². The van der Waals surface area contributed by atoms with Crippen LogP contribution >= 0.6 is 0 Å². The molecule has 1 N–H and O–H groups in total. The van der Waals surface area contributed by atoms with Crippen molar-refractivity contribution in [3.05, 3.63) is 65.5 Å². The molecule has 1 amide bonds. The van der Waals surface area contributed by atoms with Gasteiger partial charge >= 0.3 is 0 Å². The number of halogens is 1. The van der Waals surface area contributed by atoms with Gasteiger partial charge in [-0.2, -0.15) is 0 Å². The van der Waals surface area contributed by atoms with Crippen LogP contribution in [0.15, 0.2) is 48.5 Å². The summed E-state index contributed by atoms with van der Waals surface area (Å²) in [6.45, 7) is 0.362. The number of hydrogen-bond acceptors (Lipinski definition) is 4. The normalized spacial score (nSPS) is 12.2. The number of carbonyl (C=O) groups excluding carboxylic acids is 1. The van der Waals surface area contributed by atoms with E-state index in [9.17, 15) is 9.18 Å². The summed E-state index contributed by atoms with van der Waals surface area (Å²) >= 11 is 0. The number of likely N-dealkylation sites (N-methyl/N-ethyl adjacent to an activating group) is 1. The van der Waals surface area contributed by atoms with Crippen LogP contribution < -0.4 is 14.8 Å². The zero-order valence-electron chi connectivity index (χ0n) is 16.0. The molecule has 0 aromatic heterocycles. The molecule has 0 aliphatic rings. The Bertz CT molecular complexity index is 784. The molecule has 2 rings (SSSR count). The van der Waals surface area contributed by atoms with E-state index in [1.165, 1.54) is 18.2 Å². The lowest BCUT2D eigenvalue weighted by Crippen LogP contribution is -2.33. The monoisotopic (exact) mass is 372 g/mol. The topological polar surface area (TPSA) is 50.8 Å². The second-order valence-electron chi connectivity index (χ2n) is 6.26. The van der Waals surface area contributed by atoms with Crippen molar-refractivity contribution in [3.63, 3.8) is 0 Å². The van der Waals surface area contributed by atoms with E-state index in [1.54, 1.807) is 32.4 Å². The zero-order valence-corrected chi connectivity index (χ0v) is 16.0. The predicted octanol–water partition coefficient (Wildman–Crippen LogP) is 3.28. The molecule has 0 saturated heterocycles. The van der Waals surface area contributed by atoms with Gasteiger partial charge in [-0.3, -0.25) is 4.79 Å². The van der Waals surface area contributed by atoms with Crippen molar-refractivity contribution in [2.75, 3.05) is 34.9 Å². The number of amides is 1. The predicted molar refractivity (Wildman–Crippen MR) is 104 cm³/mol. The van der Waals surface area contributed by atoms with E-state index in [-0.39, 0.29) is 17.8 Å². The lowest BCUT2D eigenvalue weighted by Gasteiger charge is -2.24. The summed E-state index contributed by atoms with van der Waals surface area (Å²) in [6, 6.07) is 11.6. The van der Waals surface area contributed by atoms with Gasteiger partial charge in [-0.15, -0.1) is 0 Å². The van der Waals surface area contributed by atoms with Crippen LogP contribution in [-0.4, -0.2) is 45.7 Å². The van der Waals surface area contributed by atoms with Gasteiger partial charge in [0.15, 0.2) is 0 Å². The lowest BCUT2D eigenvalue weighted by atomic mass is 10.1. The Balaban J connectivity index is 2.03. The van der Waals surface area contributed by atoms with Crippen LogP contribution in [0.25, 0.3) is 6.08 Å². The molecule has 2 aromatic carbocycles. The van der Waals surface area contributed by atoms with Crippen LogP contribution in [0.1, 0.15) is 17.2 Å². The number of nitrogens with one attached hydrogen (secondary N) is 1. The number of nitrogens with zero attached hydrogens (tertiary/aromatic N) is 1. The molecule has 0 radical (unpaired) electrons. The highest BCUT2D eigenvalue weighted by molar-refractivity contribution is 5.91. The van der Waals surface area contributed by atoms with Crippen LogP contribution in [-0.2, 0) is 4.79 Å². The fraction of sp³-hybridized carbons (Fsp3) is 0.286. The van der Waals surface area contributed by atoms with Crippen molar-refractivity contribution < 1.29 is 18.7 Å². The molecule has 1 atom stereocenters. The van der Waals surface area contributed by atoms with E-state index in [0.717, 1.165) is 11.1 Å². The Morgan fingerprint density at radius 2 is 1.81 bits per heavy atom. The third-order valence-electron chi connectivity index (χ3n) is 4.13. The van der Waals surface area contributed by atoms with Crippen molar-refractivity contribution in [1.29, 1.82) is 0 Å². The van der Waals surface area contributed by atoms with Crippen molar-refractivity contribution >= 4 is 12.0 Å². The second-order valence-corrected chi connectivity index (χ2v) is 6.26. The molecule has 27 heavy (non-hydrogen) atoms. The summed E-state index contributed by atoms with van der Waals surface area (Å²) in [5.41, 5.74) is 1.59. The lowest BCUT2D eigenvalue weighted by molar-refractivity contribution is -0.116. The zero-order chi connectivity index (χ0) is 19.8. The Kier molecular flexibility index (Phi) is 7.37. The van der Waals surface area contributed by atoms with E-state index >= 15 is 0 Å². The largest absolute Gasteiger partial charge is 0.497 e. The SMILES string of the molecule is COc1cc(/C=C/C(=O)NCC(c2cccc(F)c2)N(C)C)cc(OC)c1. The van der Waals surface area contributed by atoms with E-state index in [2.05, 4.69) is 5.32 Å². The minimum Gasteiger partial charge on any atom is -0.497 e. The minimum absolute atomic E-state index is 0.130. The first-order valence-electron chi connectivity index (χ1n) is 8.54. The molecule has 0 aliphatic heterocycles. The molecule has 1 unspecified atom stereocenters. The van der Waals surface area contributed by atoms with Crippen molar-refractivity contribution in [2.24, 2.45) is 0 Å². The fourth-order valence-corrected chi connectivity index (χ4v) is 2.67. The summed E-state index contributed by atoms with van der Waals surface area (Å²) in [4.78, 5) is 14.1.